The van der Waals surface area contributed by atoms with Crippen LogP contribution in [-0.2, 0) is 14.8 Å². The highest BCUT2D eigenvalue weighted by molar-refractivity contribution is 7.92. The minimum absolute atomic E-state index is 0.182. The molecule has 0 saturated carbocycles. The maximum Gasteiger partial charge on any atom is 0.261 e. The Labute approximate surface area is 147 Å². The van der Waals surface area contributed by atoms with E-state index in [4.69, 9.17) is 16.3 Å². The van der Waals surface area contributed by atoms with Gasteiger partial charge in [0.15, 0.2) is 0 Å². The summed E-state index contributed by atoms with van der Waals surface area (Å²) in [6, 6.07) is 11.9. The summed E-state index contributed by atoms with van der Waals surface area (Å²) >= 11 is 5.84. The quantitative estimate of drug-likeness (QED) is 0.902. The number of hydrogen-bond donors (Lipinski definition) is 1. The van der Waals surface area contributed by atoms with Gasteiger partial charge in [-0.2, -0.15) is 0 Å². The van der Waals surface area contributed by atoms with Crippen LogP contribution in [0.15, 0.2) is 47.4 Å². The van der Waals surface area contributed by atoms with Crippen LogP contribution < -0.4 is 9.62 Å². The summed E-state index contributed by atoms with van der Waals surface area (Å²) in [5.41, 5.74) is 2.43. The van der Waals surface area contributed by atoms with E-state index >= 15 is 0 Å². The fourth-order valence-electron chi connectivity index (χ4n) is 2.63. The van der Waals surface area contributed by atoms with Crippen molar-refractivity contribution in [3.8, 4) is 0 Å². The molecule has 1 aliphatic rings. The maximum absolute atomic E-state index is 12.7. The van der Waals surface area contributed by atoms with Gasteiger partial charge in [-0.1, -0.05) is 17.7 Å². The van der Waals surface area contributed by atoms with Crippen molar-refractivity contribution in [1.82, 2.24) is 0 Å². The number of aryl methyl sites for hydroxylation is 1. The van der Waals surface area contributed by atoms with Gasteiger partial charge in [0.25, 0.3) is 10.0 Å². The molecule has 0 aliphatic carbocycles. The van der Waals surface area contributed by atoms with E-state index in [2.05, 4.69) is 9.62 Å². The second-order valence-electron chi connectivity index (χ2n) is 5.68. The second-order valence-corrected chi connectivity index (χ2v) is 7.80. The highest BCUT2D eigenvalue weighted by Gasteiger charge is 2.20. The average Bonchev–Trinajstić information content (AvgIpc) is 2.56. The molecule has 0 bridgehead atoms. The Morgan fingerprint density at radius 1 is 1.08 bits per heavy atom. The van der Waals surface area contributed by atoms with Crippen LogP contribution in [0.1, 0.15) is 5.56 Å². The highest BCUT2D eigenvalue weighted by Crippen LogP contribution is 2.30. The van der Waals surface area contributed by atoms with E-state index in [-0.39, 0.29) is 4.90 Å². The van der Waals surface area contributed by atoms with Gasteiger partial charge in [-0.25, -0.2) is 8.42 Å². The van der Waals surface area contributed by atoms with Gasteiger partial charge in [0.2, 0.25) is 0 Å². The second kappa shape index (κ2) is 7.01. The van der Waals surface area contributed by atoms with E-state index in [1.54, 1.807) is 12.1 Å². The number of nitrogens with one attached hydrogen (secondary N) is 1. The van der Waals surface area contributed by atoms with Crippen molar-refractivity contribution in [3.05, 3.63) is 53.1 Å². The molecule has 1 fully saturated rings. The maximum atomic E-state index is 12.7. The molecule has 1 N–H and O–H groups in total. The Bertz CT molecular complexity index is 816. The van der Waals surface area contributed by atoms with Crippen LogP contribution in [0.2, 0.25) is 5.02 Å². The fourth-order valence-corrected chi connectivity index (χ4v) is 3.82. The molecule has 1 aliphatic heterocycles. The largest absolute Gasteiger partial charge is 0.378 e. The Kier molecular flexibility index (Phi) is 4.99. The number of hydrogen-bond acceptors (Lipinski definition) is 4. The standard InChI is InChI=1S/C17H19ClN2O3S/c1-13-2-7-17(20-8-10-23-11-9-20)16(12-13)19-24(21,22)15-5-3-14(18)4-6-15/h2-7,12,19H,8-11H2,1H3. The molecule has 24 heavy (non-hydrogen) atoms. The number of morpholine rings is 1. The molecule has 0 aromatic heterocycles. The van der Waals surface area contributed by atoms with Gasteiger partial charge in [-0.05, 0) is 48.9 Å². The van der Waals surface area contributed by atoms with Crippen molar-refractivity contribution in [2.24, 2.45) is 0 Å². The summed E-state index contributed by atoms with van der Waals surface area (Å²) in [6.45, 7) is 4.68. The number of ether oxygens (including phenoxy) is 1. The van der Waals surface area contributed by atoms with E-state index < -0.39 is 10.0 Å². The topological polar surface area (TPSA) is 58.6 Å². The summed E-state index contributed by atoms with van der Waals surface area (Å²) in [6.07, 6.45) is 0. The number of halogens is 1. The molecule has 2 aromatic carbocycles. The third-order valence-corrected chi connectivity index (χ3v) is 5.51. The van der Waals surface area contributed by atoms with Gasteiger partial charge < -0.3 is 9.64 Å². The SMILES string of the molecule is Cc1ccc(N2CCOCC2)c(NS(=O)(=O)c2ccc(Cl)cc2)c1. The van der Waals surface area contributed by atoms with Gasteiger partial charge in [-0.3, -0.25) is 4.72 Å². The summed E-state index contributed by atoms with van der Waals surface area (Å²) < 4.78 is 33.4. The fraction of sp³-hybridized carbons (Fsp3) is 0.294. The van der Waals surface area contributed by atoms with Crippen LogP contribution in [0, 0.1) is 6.92 Å². The van der Waals surface area contributed by atoms with Crippen molar-refractivity contribution < 1.29 is 13.2 Å². The van der Waals surface area contributed by atoms with Crippen LogP contribution in [0.25, 0.3) is 0 Å². The van der Waals surface area contributed by atoms with Crippen molar-refractivity contribution in [1.29, 1.82) is 0 Å². The van der Waals surface area contributed by atoms with Crippen molar-refractivity contribution in [2.75, 3.05) is 35.9 Å². The molecule has 5 nitrogen and oxygen atoms in total. The first kappa shape index (κ1) is 17.1. The van der Waals surface area contributed by atoms with E-state index in [9.17, 15) is 8.42 Å². The van der Waals surface area contributed by atoms with Crippen LogP contribution in [0.4, 0.5) is 11.4 Å². The van der Waals surface area contributed by atoms with Crippen molar-refractivity contribution in [3.63, 3.8) is 0 Å². The molecule has 0 radical (unpaired) electrons. The third kappa shape index (κ3) is 3.83. The Hall–Kier alpha value is -1.76. The zero-order chi connectivity index (χ0) is 17.2. The molecule has 7 heteroatoms. The normalized spacial score (nSPS) is 15.3. The van der Waals surface area contributed by atoms with Crippen LogP contribution >= 0.6 is 11.6 Å². The van der Waals surface area contributed by atoms with Gasteiger partial charge >= 0.3 is 0 Å². The summed E-state index contributed by atoms with van der Waals surface area (Å²) in [7, 11) is -3.67. The molecule has 0 spiro atoms. The van der Waals surface area contributed by atoms with E-state index in [0.29, 0.717) is 23.9 Å². The zero-order valence-electron chi connectivity index (χ0n) is 13.3. The molecule has 3 rings (SSSR count). The van der Waals surface area contributed by atoms with E-state index in [0.717, 1.165) is 24.3 Å². The lowest BCUT2D eigenvalue weighted by Gasteiger charge is -2.30. The lowest BCUT2D eigenvalue weighted by atomic mass is 10.1. The number of nitrogens with zero attached hydrogens (tertiary/aromatic N) is 1. The first-order valence-electron chi connectivity index (χ1n) is 7.67. The van der Waals surface area contributed by atoms with E-state index in [1.165, 1.54) is 12.1 Å². The summed E-state index contributed by atoms with van der Waals surface area (Å²) in [5, 5.41) is 0.499. The highest BCUT2D eigenvalue weighted by atomic mass is 35.5. The Balaban J connectivity index is 1.93. The van der Waals surface area contributed by atoms with Gasteiger partial charge in [0, 0.05) is 18.1 Å². The first-order chi connectivity index (χ1) is 11.5. The van der Waals surface area contributed by atoms with Crippen LogP contribution in [-0.4, -0.2) is 34.7 Å². The lowest BCUT2D eigenvalue weighted by molar-refractivity contribution is 0.123. The molecule has 2 aromatic rings. The molecule has 0 amide bonds. The van der Waals surface area contributed by atoms with Crippen molar-refractivity contribution >= 4 is 33.0 Å². The first-order valence-corrected chi connectivity index (χ1v) is 9.53. The molecular weight excluding hydrogens is 348 g/mol. The molecule has 0 atom stereocenters. The zero-order valence-corrected chi connectivity index (χ0v) is 14.9. The number of benzene rings is 2. The van der Waals surface area contributed by atoms with Gasteiger partial charge in [0.05, 0.1) is 29.5 Å². The lowest BCUT2D eigenvalue weighted by Crippen LogP contribution is -2.36. The molecule has 128 valence electrons. The predicted molar refractivity (Wildman–Crippen MR) is 96.5 cm³/mol. The Morgan fingerprint density at radius 3 is 2.42 bits per heavy atom. The van der Waals surface area contributed by atoms with Gasteiger partial charge in [0.1, 0.15) is 0 Å². The number of rotatable bonds is 4. The Morgan fingerprint density at radius 2 is 1.75 bits per heavy atom. The summed E-state index contributed by atoms with van der Waals surface area (Å²) in [4.78, 5) is 2.31. The van der Waals surface area contributed by atoms with Crippen molar-refractivity contribution in [2.45, 2.75) is 11.8 Å². The van der Waals surface area contributed by atoms with E-state index in [1.807, 2.05) is 25.1 Å². The molecule has 1 heterocycles. The number of anilines is 2. The predicted octanol–water partition coefficient (Wildman–Crippen LogP) is 3.29. The van der Waals surface area contributed by atoms with Crippen LogP contribution in [0.3, 0.4) is 0 Å². The summed E-state index contributed by atoms with van der Waals surface area (Å²) in [5.74, 6) is 0. The monoisotopic (exact) mass is 366 g/mol. The molecule has 1 saturated heterocycles. The molecule has 0 unspecified atom stereocenters. The average molecular weight is 367 g/mol. The molecular formula is C17H19ClN2O3S. The van der Waals surface area contributed by atoms with Gasteiger partial charge in [-0.15, -0.1) is 0 Å². The minimum Gasteiger partial charge on any atom is -0.378 e. The number of sulfonamides is 1. The third-order valence-electron chi connectivity index (χ3n) is 3.87. The minimum atomic E-state index is -3.67. The smallest absolute Gasteiger partial charge is 0.261 e. The van der Waals surface area contributed by atoms with Crippen LogP contribution in [0.5, 0.6) is 0 Å².